The van der Waals surface area contributed by atoms with Gasteiger partial charge in [-0.1, -0.05) is 11.8 Å². The molecule has 0 saturated heterocycles. The van der Waals surface area contributed by atoms with Crippen molar-refractivity contribution in [1.29, 1.82) is 0 Å². The molecule has 1 N–H and O–H groups in total. The van der Waals surface area contributed by atoms with Gasteiger partial charge >= 0.3 is 5.97 Å². The number of rotatable bonds is 4. The van der Waals surface area contributed by atoms with Crippen LogP contribution in [0.25, 0.3) is 0 Å². The molecule has 0 saturated carbocycles. The smallest absolute Gasteiger partial charge is 0.304 e. The van der Waals surface area contributed by atoms with Crippen LogP contribution in [-0.2, 0) is 4.79 Å². The molecule has 5 heteroatoms. The predicted octanol–water partition coefficient (Wildman–Crippen LogP) is 1.71. The first kappa shape index (κ1) is 8.55. The summed E-state index contributed by atoms with van der Waals surface area (Å²) >= 11 is 3.02. The van der Waals surface area contributed by atoms with E-state index in [9.17, 15) is 4.79 Å². The van der Waals surface area contributed by atoms with Crippen LogP contribution in [-0.4, -0.2) is 21.8 Å². The van der Waals surface area contributed by atoms with Gasteiger partial charge in [-0.3, -0.25) is 4.79 Å². The third-order valence-corrected chi connectivity index (χ3v) is 2.92. The largest absolute Gasteiger partial charge is 0.481 e. The molecule has 0 spiro atoms. The first-order chi connectivity index (χ1) is 5.29. The molecule has 0 fully saturated rings. The molecule has 0 amide bonds. The van der Waals surface area contributed by atoms with Crippen molar-refractivity contribution in [2.75, 3.05) is 5.75 Å². The first-order valence-corrected chi connectivity index (χ1v) is 4.89. The van der Waals surface area contributed by atoms with E-state index in [1.165, 1.54) is 23.1 Å². The minimum absolute atomic E-state index is 0.199. The molecule has 1 heterocycles. The monoisotopic (exact) mass is 189 g/mol. The molecule has 0 aliphatic carbocycles. The number of thiazole rings is 1. The lowest BCUT2D eigenvalue weighted by molar-refractivity contribution is -0.136. The highest BCUT2D eigenvalue weighted by molar-refractivity contribution is 8.01. The molecule has 11 heavy (non-hydrogen) atoms. The Morgan fingerprint density at radius 1 is 1.82 bits per heavy atom. The fraction of sp³-hybridized carbons (Fsp3) is 0.333. The maximum Gasteiger partial charge on any atom is 0.304 e. The van der Waals surface area contributed by atoms with E-state index in [4.69, 9.17) is 5.11 Å². The summed E-state index contributed by atoms with van der Waals surface area (Å²) in [5.74, 6) is -0.155. The third-order valence-electron chi connectivity index (χ3n) is 0.951. The number of nitrogens with zero attached hydrogens (tertiary/aromatic N) is 1. The van der Waals surface area contributed by atoms with Crippen LogP contribution in [0.15, 0.2) is 15.9 Å². The fourth-order valence-electron chi connectivity index (χ4n) is 0.507. The third kappa shape index (κ3) is 3.38. The highest BCUT2D eigenvalue weighted by Gasteiger charge is 1.99. The topological polar surface area (TPSA) is 50.2 Å². The number of carboxylic acids is 1. The summed E-state index contributed by atoms with van der Waals surface area (Å²) in [6, 6.07) is 0. The van der Waals surface area contributed by atoms with Crippen LogP contribution in [0.4, 0.5) is 0 Å². The summed E-state index contributed by atoms with van der Waals surface area (Å²) in [5.41, 5.74) is 0. The lowest BCUT2D eigenvalue weighted by atomic mass is 10.5. The van der Waals surface area contributed by atoms with Crippen LogP contribution in [0.2, 0.25) is 0 Å². The zero-order chi connectivity index (χ0) is 8.10. The van der Waals surface area contributed by atoms with Gasteiger partial charge in [0.1, 0.15) is 4.34 Å². The molecule has 0 aliphatic rings. The molecule has 1 rings (SSSR count). The van der Waals surface area contributed by atoms with Crippen molar-refractivity contribution >= 4 is 29.1 Å². The van der Waals surface area contributed by atoms with Gasteiger partial charge in [0.05, 0.1) is 6.42 Å². The van der Waals surface area contributed by atoms with E-state index in [1.54, 1.807) is 6.20 Å². The van der Waals surface area contributed by atoms with Crippen molar-refractivity contribution < 1.29 is 9.90 Å². The SMILES string of the molecule is O=C(O)CCSc1nccs1. The maximum absolute atomic E-state index is 10.1. The molecule has 3 nitrogen and oxygen atoms in total. The predicted molar refractivity (Wildman–Crippen MR) is 45.1 cm³/mol. The van der Waals surface area contributed by atoms with E-state index in [1.807, 2.05) is 5.38 Å². The zero-order valence-corrected chi connectivity index (χ0v) is 7.32. The lowest BCUT2D eigenvalue weighted by Crippen LogP contribution is -1.95. The summed E-state index contributed by atoms with van der Waals surface area (Å²) in [6.07, 6.45) is 1.91. The number of carboxylic acid groups (broad SMARTS) is 1. The summed E-state index contributed by atoms with van der Waals surface area (Å²) in [4.78, 5) is 14.1. The fourth-order valence-corrected chi connectivity index (χ4v) is 2.14. The maximum atomic E-state index is 10.1. The Morgan fingerprint density at radius 2 is 2.64 bits per heavy atom. The van der Waals surface area contributed by atoms with Crippen molar-refractivity contribution in [2.45, 2.75) is 10.8 Å². The summed E-state index contributed by atoms with van der Waals surface area (Å²) in [7, 11) is 0. The normalized spacial score (nSPS) is 9.82. The molecule has 0 bridgehead atoms. The van der Waals surface area contributed by atoms with E-state index < -0.39 is 5.97 Å². The Balaban J connectivity index is 2.19. The number of hydrogen-bond acceptors (Lipinski definition) is 4. The average Bonchev–Trinajstić information content (AvgIpc) is 2.39. The molecule has 0 radical (unpaired) electrons. The molecule has 0 aliphatic heterocycles. The van der Waals surface area contributed by atoms with E-state index in [0.29, 0.717) is 5.75 Å². The minimum atomic E-state index is -0.756. The van der Waals surface area contributed by atoms with Gasteiger partial charge in [0.15, 0.2) is 0 Å². The van der Waals surface area contributed by atoms with Gasteiger partial charge in [0, 0.05) is 17.3 Å². The van der Waals surface area contributed by atoms with E-state index >= 15 is 0 Å². The van der Waals surface area contributed by atoms with Crippen LogP contribution in [0, 0.1) is 0 Å². The Kier molecular flexibility index (Phi) is 3.38. The van der Waals surface area contributed by atoms with Crippen LogP contribution in [0.3, 0.4) is 0 Å². The van der Waals surface area contributed by atoms with Crippen molar-refractivity contribution in [3.05, 3.63) is 11.6 Å². The first-order valence-electron chi connectivity index (χ1n) is 3.03. The number of aromatic nitrogens is 1. The summed E-state index contributed by atoms with van der Waals surface area (Å²) in [6.45, 7) is 0. The zero-order valence-electron chi connectivity index (χ0n) is 5.69. The lowest BCUT2D eigenvalue weighted by Gasteiger charge is -1.91. The van der Waals surface area contributed by atoms with Crippen LogP contribution in [0.5, 0.6) is 0 Å². The number of carbonyl (C=O) groups is 1. The number of hydrogen-bond donors (Lipinski definition) is 1. The molecule has 60 valence electrons. The van der Waals surface area contributed by atoms with Gasteiger partial charge in [-0.2, -0.15) is 0 Å². The Labute approximate surface area is 72.5 Å². The Morgan fingerprint density at radius 3 is 3.18 bits per heavy atom. The van der Waals surface area contributed by atoms with Crippen molar-refractivity contribution in [2.24, 2.45) is 0 Å². The minimum Gasteiger partial charge on any atom is -0.481 e. The average molecular weight is 189 g/mol. The summed E-state index contributed by atoms with van der Waals surface area (Å²) in [5, 5.41) is 10.2. The van der Waals surface area contributed by atoms with Gasteiger partial charge in [0.25, 0.3) is 0 Å². The quantitative estimate of drug-likeness (QED) is 0.732. The van der Waals surface area contributed by atoms with Crippen LogP contribution >= 0.6 is 23.1 Å². The second kappa shape index (κ2) is 4.35. The molecule has 1 aromatic rings. The molecule has 0 unspecified atom stereocenters. The highest BCUT2D eigenvalue weighted by atomic mass is 32.2. The van der Waals surface area contributed by atoms with Gasteiger partial charge in [0.2, 0.25) is 0 Å². The number of thioether (sulfide) groups is 1. The molecular weight excluding hydrogens is 182 g/mol. The number of aliphatic carboxylic acids is 1. The van der Waals surface area contributed by atoms with Gasteiger partial charge in [-0.05, 0) is 0 Å². The van der Waals surface area contributed by atoms with Crippen LogP contribution in [0.1, 0.15) is 6.42 Å². The van der Waals surface area contributed by atoms with Gasteiger partial charge in [-0.15, -0.1) is 11.3 Å². The Bertz CT molecular complexity index is 222. The second-order valence-corrected chi connectivity index (χ2v) is 4.03. The van der Waals surface area contributed by atoms with Crippen LogP contribution < -0.4 is 0 Å². The van der Waals surface area contributed by atoms with Gasteiger partial charge < -0.3 is 5.11 Å². The molecule has 1 aromatic heterocycles. The van der Waals surface area contributed by atoms with E-state index in [2.05, 4.69) is 4.98 Å². The summed E-state index contributed by atoms with van der Waals surface area (Å²) < 4.78 is 0.936. The standard InChI is InChI=1S/C6H7NO2S2/c8-5(9)1-3-10-6-7-2-4-11-6/h2,4H,1,3H2,(H,8,9). The van der Waals surface area contributed by atoms with Crippen molar-refractivity contribution in [1.82, 2.24) is 4.98 Å². The van der Waals surface area contributed by atoms with E-state index in [-0.39, 0.29) is 6.42 Å². The Hall–Kier alpha value is -0.550. The molecular formula is C6H7NO2S2. The van der Waals surface area contributed by atoms with Crippen molar-refractivity contribution in [3.8, 4) is 0 Å². The van der Waals surface area contributed by atoms with Gasteiger partial charge in [-0.25, -0.2) is 4.98 Å². The molecule has 0 aromatic carbocycles. The molecule has 0 atom stereocenters. The highest BCUT2D eigenvalue weighted by Crippen LogP contribution is 2.20. The van der Waals surface area contributed by atoms with E-state index in [0.717, 1.165) is 4.34 Å². The second-order valence-electron chi connectivity index (χ2n) is 1.79. The van der Waals surface area contributed by atoms with Crippen molar-refractivity contribution in [3.63, 3.8) is 0 Å².